The molecule has 1 saturated heterocycles. The lowest BCUT2D eigenvalue weighted by atomic mass is 9.99. The summed E-state index contributed by atoms with van der Waals surface area (Å²) in [5, 5.41) is 3.20. The number of hydrogen-bond donors (Lipinski definition) is 1. The van der Waals surface area contributed by atoms with E-state index in [0.717, 1.165) is 41.8 Å². The Morgan fingerprint density at radius 2 is 1.62 bits per heavy atom. The van der Waals surface area contributed by atoms with Crippen LogP contribution < -0.4 is 15.0 Å². The molecule has 0 saturated carbocycles. The Kier molecular flexibility index (Phi) is 6.49. The van der Waals surface area contributed by atoms with Crippen molar-refractivity contribution in [2.24, 2.45) is 5.92 Å². The normalized spacial score (nSPS) is 17.3. The van der Waals surface area contributed by atoms with Crippen molar-refractivity contribution in [2.45, 2.75) is 33.1 Å². The van der Waals surface area contributed by atoms with Gasteiger partial charge in [0, 0.05) is 31.5 Å². The smallest absolute Gasteiger partial charge is 0.277 e. The summed E-state index contributed by atoms with van der Waals surface area (Å²) in [4.78, 5) is 29.2. The number of rotatable bonds is 7. The highest BCUT2D eigenvalue weighted by atomic mass is 16.5. The Balaban J connectivity index is 1.56. The quantitative estimate of drug-likeness (QED) is 0.650. The highest BCUT2D eigenvalue weighted by molar-refractivity contribution is 6.36. The van der Waals surface area contributed by atoms with Crippen LogP contribution in [0.15, 0.2) is 54.2 Å². The Hall–Kier alpha value is -3.28. The molecule has 0 radical (unpaired) electrons. The number of carbonyl (C=O) groups is 2. The Morgan fingerprint density at radius 3 is 2.25 bits per heavy atom. The van der Waals surface area contributed by atoms with E-state index in [1.807, 2.05) is 36.4 Å². The summed E-state index contributed by atoms with van der Waals surface area (Å²) in [5.41, 5.74) is 3.35. The number of nitrogens with one attached hydrogen (secondary N) is 1. The third-order valence-electron chi connectivity index (χ3n) is 6.19. The van der Waals surface area contributed by atoms with Crippen molar-refractivity contribution in [3.63, 3.8) is 0 Å². The van der Waals surface area contributed by atoms with Crippen molar-refractivity contribution < 1.29 is 14.3 Å². The summed E-state index contributed by atoms with van der Waals surface area (Å²) < 4.78 is 5.63. The fourth-order valence-corrected chi connectivity index (χ4v) is 4.13. The summed E-state index contributed by atoms with van der Waals surface area (Å²) in [5.74, 6) is 0.899. The van der Waals surface area contributed by atoms with E-state index in [4.69, 9.17) is 4.74 Å². The summed E-state index contributed by atoms with van der Waals surface area (Å²) in [6.45, 7) is 7.13. The molecular formula is C26H31N3O3. The van der Waals surface area contributed by atoms with Gasteiger partial charge in [-0.25, -0.2) is 0 Å². The molecule has 32 heavy (non-hydrogen) atoms. The Morgan fingerprint density at radius 1 is 0.969 bits per heavy atom. The molecule has 0 bridgehead atoms. The lowest BCUT2D eigenvalue weighted by Crippen LogP contribution is -2.32. The molecule has 2 amide bonds. The number of carbonyl (C=O) groups excluding carboxylic acids is 2. The van der Waals surface area contributed by atoms with E-state index in [1.165, 1.54) is 25.6 Å². The average molecular weight is 434 g/mol. The molecular weight excluding hydrogens is 402 g/mol. The van der Waals surface area contributed by atoms with Crippen molar-refractivity contribution in [1.29, 1.82) is 0 Å². The number of nitrogens with zero attached hydrogens (tertiary/aromatic N) is 2. The maximum absolute atomic E-state index is 12.8. The number of imide groups is 1. The minimum atomic E-state index is -0.328. The molecule has 0 aromatic heterocycles. The molecule has 0 atom stereocenters. The van der Waals surface area contributed by atoms with Gasteiger partial charge in [0.1, 0.15) is 11.4 Å². The number of anilines is 2. The number of hydrogen-bond acceptors (Lipinski definition) is 5. The SMILES string of the molecule is CCCOc1ccc(C2=C(Nc3ccc(N4CCC(C)CC4)cc3)C(=O)N(C)C2=O)cc1. The van der Waals surface area contributed by atoms with Crippen molar-refractivity contribution in [3.05, 3.63) is 59.8 Å². The van der Waals surface area contributed by atoms with E-state index in [0.29, 0.717) is 23.4 Å². The molecule has 1 fully saturated rings. The minimum absolute atomic E-state index is 0.305. The summed E-state index contributed by atoms with van der Waals surface area (Å²) in [6.07, 6.45) is 3.34. The molecule has 0 unspecified atom stereocenters. The third kappa shape index (κ3) is 4.49. The van der Waals surface area contributed by atoms with Gasteiger partial charge < -0.3 is 15.0 Å². The van der Waals surface area contributed by atoms with Gasteiger partial charge in [0.25, 0.3) is 11.8 Å². The molecule has 0 aliphatic carbocycles. The molecule has 2 aliphatic heterocycles. The zero-order valence-corrected chi connectivity index (χ0v) is 19.1. The van der Waals surface area contributed by atoms with E-state index in [1.54, 1.807) is 0 Å². The molecule has 6 nitrogen and oxygen atoms in total. The first-order chi connectivity index (χ1) is 15.5. The van der Waals surface area contributed by atoms with E-state index in [-0.39, 0.29) is 11.8 Å². The lowest BCUT2D eigenvalue weighted by Gasteiger charge is -2.32. The lowest BCUT2D eigenvalue weighted by molar-refractivity contribution is -0.135. The van der Waals surface area contributed by atoms with Crippen molar-refractivity contribution in [1.82, 2.24) is 4.90 Å². The predicted molar refractivity (Wildman–Crippen MR) is 128 cm³/mol. The van der Waals surface area contributed by atoms with Gasteiger partial charge in [-0.05, 0) is 67.1 Å². The van der Waals surface area contributed by atoms with Crippen molar-refractivity contribution >= 4 is 28.8 Å². The maximum atomic E-state index is 12.8. The molecule has 168 valence electrons. The largest absolute Gasteiger partial charge is 0.494 e. The van der Waals surface area contributed by atoms with Crippen LogP contribution in [-0.2, 0) is 9.59 Å². The molecule has 1 N–H and O–H groups in total. The topological polar surface area (TPSA) is 61.9 Å². The van der Waals surface area contributed by atoms with E-state index in [9.17, 15) is 9.59 Å². The first-order valence-electron chi connectivity index (χ1n) is 11.4. The van der Waals surface area contributed by atoms with Crippen LogP contribution in [0.3, 0.4) is 0 Å². The summed E-state index contributed by atoms with van der Waals surface area (Å²) in [7, 11) is 1.51. The van der Waals surface area contributed by atoms with Gasteiger partial charge in [-0.1, -0.05) is 26.0 Å². The zero-order valence-electron chi connectivity index (χ0n) is 19.1. The molecule has 6 heteroatoms. The van der Waals surface area contributed by atoms with Crippen LogP contribution in [0.1, 0.15) is 38.7 Å². The van der Waals surface area contributed by atoms with Gasteiger partial charge >= 0.3 is 0 Å². The van der Waals surface area contributed by atoms with Crippen LogP contribution in [0.25, 0.3) is 5.57 Å². The third-order valence-corrected chi connectivity index (χ3v) is 6.19. The molecule has 2 aromatic carbocycles. The number of ether oxygens (including phenoxy) is 1. The van der Waals surface area contributed by atoms with Crippen LogP contribution in [0, 0.1) is 5.92 Å². The van der Waals surface area contributed by atoms with Crippen LogP contribution in [0.5, 0.6) is 5.75 Å². The maximum Gasteiger partial charge on any atom is 0.277 e. The number of likely N-dealkylation sites (N-methyl/N-ethyl adjacent to an activating group) is 1. The van der Waals surface area contributed by atoms with Gasteiger partial charge in [-0.15, -0.1) is 0 Å². The molecule has 2 aromatic rings. The van der Waals surface area contributed by atoms with E-state index < -0.39 is 0 Å². The first-order valence-corrected chi connectivity index (χ1v) is 11.4. The fourth-order valence-electron chi connectivity index (χ4n) is 4.13. The van der Waals surface area contributed by atoms with Gasteiger partial charge in [0.2, 0.25) is 0 Å². The molecule has 2 heterocycles. The van der Waals surface area contributed by atoms with Crippen molar-refractivity contribution in [2.75, 3.05) is 37.0 Å². The second kappa shape index (κ2) is 9.47. The minimum Gasteiger partial charge on any atom is -0.494 e. The van der Waals surface area contributed by atoms with Gasteiger partial charge in [-0.3, -0.25) is 14.5 Å². The monoisotopic (exact) mass is 433 g/mol. The summed E-state index contributed by atoms with van der Waals surface area (Å²) >= 11 is 0. The second-order valence-corrected chi connectivity index (χ2v) is 8.63. The van der Waals surface area contributed by atoms with Crippen LogP contribution in [0.2, 0.25) is 0 Å². The molecule has 2 aliphatic rings. The van der Waals surface area contributed by atoms with Crippen molar-refractivity contribution in [3.8, 4) is 5.75 Å². The fraction of sp³-hybridized carbons (Fsp3) is 0.385. The molecule has 4 rings (SSSR count). The van der Waals surface area contributed by atoms with Crippen LogP contribution in [-0.4, -0.2) is 43.5 Å². The second-order valence-electron chi connectivity index (χ2n) is 8.63. The van der Waals surface area contributed by atoms with Gasteiger partial charge in [0.15, 0.2) is 0 Å². The van der Waals surface area contributed by atoms with Crippen LogP contribution in [0.4, 0.5) is 11.4 Å². The van der Waals surface area contributed by atoms with E-state index >= 15 is 0 Å². The number of amides is 2. The number of piperidine rings is 1. The van der Waals surface area contributed by atoms with E-state index in [2.05, 4.69) is 36.2 Å². The Labute approximate surface area is 189 Å². The van der Waals surface area contributed by atoms with Gasteiger partial charge in [0.05, 0.1) is 12.2 Å². The van der Waals surface area contributed by atoms with Crippen LogP contribution >= 0.6 is 0 Å². The highest BCUT2D eigenvalue weighted by Gasteiger charge is 2.36. The first kappa shape index (κ1) is 21.9. The zero-order chi connectivity index (χ0) is 22.7. The summed E-state index contributed by atoms with van der Waals surface area (Å²) in [6, 6.07) is 15.4. The Bertz CT molecular complexity index is 1000. The van der Waals surface area contributed by atoms with Gasteiger partial charge in [-0.2, -0.15) is 0 Å². The molecule has 0 spiro atoms. The number of benzene rings is 2. The standard InChI is InChI=1S/C26H31N3O3/c1-4-17-32-22-11-5-19(6-12-22)23-24(26(31)28(3)25(23)30)27-20-7-9-21(10-8-20)29-15-13-18(2)14-16-29/h5-12,18,27H,4,13-17H2,1-3H3. The average Bonchev–Trinajstić information content (AvgIpc) is 3.02. The predicted octanol–water partition coefficient (Wildman–Crippen LogP) is 4.53. The highest BCUT2D eigenvalue weighted by Crippen LogP contribution is 2.31.